The molecule has 0 unspecified atom stereocenters. The number of hydrogen-bond donors (Lipinski definition) is 2. The van der Waals surface area contributed by atoms with Crippen molar-refractivity contribution < 1.29 is 13.2 Å². The van der Waals surface area contributed by atoms with Crippen LogP contribution in [0, 0.1) is 0 Å². The highest BCUT2D eigenvalue weighted by atomic mass is 32.2. The van der Waals surface area contributed by atoms with Crippen molar-refractivity contribution >= 4 is 16.1 Å². The molecule has 0 aromatic rings. The molecule has 2 N–H and O–H groups in total. The Morgan fingerprint density at radius 2 is 2.00 bits per heavy atom. The molecule has 7 nitrogen and oxygen atoms in total. The Morgan fingerprint density at radius 1 is 1.32 bits per heavy atom. The van der Waals surface area contributed by atoms with Crippen LogP contribution in [0.25, 0.3) is 0 Å². The predicted octanol–water partition coefficient (Wildman–Crippen LogP) is -0.975. The van der Waals surface area contributed by atoms with Gasteiger partial charge in [0.25, 0.3) is 0 Å². The predicted molar refractivity (Wildman–Crippen MR) is 72.4 cm³/mol. The Hall–Kier alpha value is -0.860. The summed E-state index contributed by atoms with van der Waals surface area (Å²) in [7, 11) is -3.05. The number of nitrogens with one attached hydrogen (secondary N) is 2. The lowest BCUT2D eigenvalue weighted by molar-refractivity contribution is 0.215. The van der Waals surface area contributed by atoms with E-state index in [9.17, 15) is 13.2 Å². The van der Waals surface area contributed by atoms with E-state index < -0.39 is 10.0 Å². The van der Waals surface area contributed by atoms with Crippen molar-refractivity contribution in [1.29, 1.82) is 0 Å². The molecule has 2 aliphatic rings. The summed E-state index contributed by atoms with van der Waals surface area (Å²) in [5.74, 6) is 0. The SMILES string of the molecule is CS(=O)(=O)N1CCC(NCCN2CCNC2=O)CC1. The Morgan fingerprint density at radius 3 is 2.53 bits per heavy atom. The van der Waals surface area contributed by atoms with Crippen LogP contribution in [0.15, 0.2) is 0 Å². The fourth-order valence-electron chi connectivity index (χ4n) is 2.52. The zero-order valence-corrected chi connectivity index (χ0v) is 12.1. The van der Waals surface area contributed by atoms with Crippen molar-refractivity contribution in [3.05, 3.63) is 0 Å². The van der Waals surface area contributed by atoms with Gasteiger partial charge >= 0.3 is 6.03 Å². The van der Waals surface area contributed by atoms with Gasteiger partial charge in [-0.1, -0.05) is 0 Å². The molecular formula is C11H22N4O3S. The van der Waals surface area contributed by atoms with Crippen molar-refractivity contribution in [3.63, 3.8) is 0 Å². The van der Waals surface area contributed by atoms with Gasteiger partial charge in [0, 0.05) is 45.3 Å². The molecular weight excluding hydrogens is 268 g/mol. The van der Waals surface area contributed by atoms with E-state index in [1.165, 1.54) is 10.6 Å². The van der Waals surface area contributed by atoms with Crippen molar-refractivity contribution in [2.24, 2.45) is 0 Å². The average Bonchev–Trinajstić information content (AvgIpc) is 2.75. The molecule has 0 aromatic heterocycles. The van der Waals surface area contributed by atoms with Gasteiger partial charge in [-0.3, -0.25) is 0 Å². The molecule has 0 saturated carbocycles. The second-order valence-electron chi connectivity index (χ2n) is 5.11. The number of rotatable bonds is 5. The Kier molecular flexibility index (Phi) is 4.64. The van der Waals surface area contributed by atoms with Crippen LogP contribution in [0.3, 0.4) is 0 Å². The lowest BCUT2D eigenvalue weighted by atomic mass is 10.1. The summed E-state index contributed by atoms with van der Waals surface area (Å²) in [6.45, 7) is 4.13. The maximum atomic E-state index is 11.4. The first-order valence-corrected chi connectivity index (χ1v) is 8.53. The summed E-state index contributed by atoms with van der Waals surface area (Å²) < 4.78 is 24.3. The zero-order valence-electron chi connectivity index (χ0n) is 11.3. The van der Waals surface area contributed by atoms with E-state index in [-0.39, 0.29) is 6.03 Å². The summed E-state index contributed by atoms with van der Waals surface area (Å²) in [4.78, 5) is 13.1. The van der Waals surface area contributed by atoms with Gasteiger partial charge in [-0.05, 0) is 12.8 Å². The summed E-state index contributed by atoms with van der Waals surface area (Å²) in [5, 5.41) is 6.16. The van der Waals surface area contributed by atoms with Gasteiger partial charge in [-0.25, -0.2) is 17.5 Å². The van der Waals surface area contributed by atoms with Crippen molar-refractivity contribution in [3.8, 4) is 0 Å². The van der Waals surface area contributed by atoms with E-state index in [4.69, 9.17) is 0 Å². The lowest BCUT2D eigenvalue weighted by Gasteiger charge is -2.31. The van der Waals surface area contributed by atoms with E-state index in [1.807, 2.05) is 0 Å². The summed E-state index contributed by atoms with van der Waals surface area (Å²) in [6, 6.07) is 0.359. The minimum Gasteiger partial charge on any atom is -0.336 e. The maximum Gasteiger partial charge on any atom is 0.317 e. The van der Waals surface area contributed by atoms with Gasteiger partial charge in [-0.15, -0.1) is 0 Å². The first-order valence-electron chi connectivity index (χ1n) is 6.68. The van der Waals surface area contributed by atoms with E-state index in [0.29, 0.717) is 25.7 Å². The maximum absolute atomic E-state index is 11.4. The Labute approximate surface area is 114 Å². The third kappa shape index (κ3) is 4.05. The quantitative estimate of drug-likeness (QED) is 0.682. The lowest BCUT2D eigenvalue weighted by Crippen LogP contribution is -2.46. The van der Waals surface area contributed by atoms with E-state index in [0.717, 1.165) is 32.5 Å². The zero-order chi connectivity index (χ0) is 13.9. The van der Waals surface area contributed by atoms with Crippen LogP contribution < -0.4 is 10.6 Å². The van der Waals surface area contributed by atoms with E-state index >= 15 is 0 Å². The Balaban J connectivity index is 1.65. The largest absolute Gasteiger partial charge is 0.336 e. The molecule has 0 radical (unpaired) electrons. The van der Waals surface area contributed by atoms with Crippen molar-refractivity contribution in [1.82, 2.24) is 19.8 Å². The van der Waals surface area contributed by atoms with Gasteiger partial charge < -0.3 is 15.5 Å². The number of carbonyl (C=O) groups is 1. The monoisotopic (exact) mass is 290 g/mol. The molecule has 2 heterocycles. The molecule has 8 heteroatoms. The number of urea groups is 1. The fourth-order valence-corrected chi connectivity index (χ4v) is 3.39. The summed E-state index contributed by atoms with van der Waals surface area (Å²) in [5.41, 5.74) is 0. The topological polar surface area (TPSA) is 81.8 Å². The molecule has 0 aromatic carbocycles. The van der Waals surface area contributed by atoms with Gasteiger partial charge in [-0.2, -0.15) is 0 Å². The molecule has 0 aliphatic carbocycles. The normalized spacial score (nSPS) is 22.8. The third-order valence-electron chi connectivity index (χ3n) is 3.68. The molecule has 2 rings (SSSR count). The molecule has 19 heavy (non-hydrogen) atoms. The standard InChI is InChI=1S/C11H22N4O3S/c1-19(17,18)15-6-2-10(3-7-15)12-4-8-14-9-5-13-11(14)16/h10,12H,2-9H2,1H3,(H,13,16). The fraction of sp³-hybridized carbons (Fsp3) is 0.909. The Bertz CT molecular complexity index is 418. The highest BCUT2D eigenvalue weighted by Gasteiger charge is 2.25. The summed E-state index contributed by atoms with van der Waals surface area (Å²) >= 11 is 0. The highest BCUT2D eigenvalue weighted by molar-refractivity contribution is 7.88. The molecule has 110 valence electrons. The number of sulfonamides is 1. The van der Waals surface area contributed by atoms with Crippen LogP contribution in [-0.2, 0) is 10.0 Å². The minimum atomic E-state index is -3.05. The van der Waals surface area contributed by atoms with Gasteiger partial charge in [0.05, 0.1) is 6.26 Å². The molecule has 0 spiro atoms. The average molecular weight is 290 g/mol. The molecule has 2 aliphatic heterocycles. The number of hydrogen-bond acceptors (Lipinski definition) is 4. The third-order valence-corrected chi connectivity index (χ3v) is 4.99. The molecule has 2 saturated heterocycles. The van der Waals surface area contributed by atoms with Crippen LogP contribution in [0.2, 0.25) is 0 Å². The van der Waals surface area contributed by atoms with Gasteiger partial charge in [0.2, 0.25) is 10.0 Å². The van der Waals surface area contributed by atoms with Crippen LogP contribution in [0.5, 0.6) is 0 Å². The van der Waals surface area contributed by atoms with E-state index in [1.54, 1.807) is 4.90 Å². The van der Waals surface area contributed by atoms with Gasteiger partial charge in [0.1, 0.15) is 0 Å². The van der Waals surface area contributed by atoms with Crippen LogP contribution >= 0.6 is 0 Å². The van der Waals surface area contributed by atoms with Crippen LogP contribution in [0.1, 0.15) is 12.8 Å². The number of carbonyl (C=O) groups excluding carboxylic acids is 1. The molecule has 2 amide bonds. The second kappa shape index (κ2) is 6.06. The number of nitrogens with zero attached hydrogens (tertiary/aromatic N) is 2. The molecule has 2 fully saturated rings. The highest BCUT2D eigenvalue weighted by Crippen LogP contribution is 2.12. The van der Waals surface area contributed by atoms with Crippen molar-refractivity contribution in [2.75, 3.05) is 45.5 Å². The molecule has 0 bridgehead atoms. The summed E-state index contributed by atoms with van der Waals surface area (Å²) in [6.07, 6.45) is 2.92. The second-order valence-corrected chi connectivity index (χ2v) is 7.09. The van der Waals surface area contributed by atoms with Crippen molar-refractivity contribution in [2.45, 2.75) is 18.9 Å². The van der Waals surface area contributed by atoms with E-state index in [2.05, 4.69) is 10.6 Å². The number of piperidine rings is 1. The molecule has 0 atom stereocenters. The smallest absolute Gasteiger partial charge is 0.317 e. The van der Waals surface area contributed by atoms with Gasteiger partial charge in [0.15, 0.2) is 0 Å². The first kappa shape index (κ1) is 14.5. The van der Waals surface area contributed by atoms with Crippen LogP contribution in [-0.4, -0.2) is 75.2 Å². The van der Waals surface area contributed by atoms with Crippen LogP contribution in [0.4, 0.5) is 4.79 Å². The first-order chi connectivity index (χ1) is 8.97. The number of amides is 2. The minimum absolute atomic E-state index is 0.00805.